The molecule has 0 bridgehead atoms. The van der Waals surface area contributed by atoms with Crippen molar-refractivity contribution in [2.75, 3.05) is 11.5 Å². The van der Waals surface area contributed by atoms with E-state index >= 15 is 0 Å². The van der Waals surface area contributed by atoms with Crippen LogP contribution in [0.1, 0.15) is 32.6 Å². The fourth-order valence-electron chi connectivity index (χ4n) is 1.02. The second-order valence-corrected chi connectivity index (χ2v) is 3.68. The van der Waals surface area contributed by atoms with E-state index in [-0.39, 0.29) is 0 Å². The zero-order valence-electron chi connectivity index (χ0n) is 6.99. The Labute approximate surface area is 78.1 Å². The molecule has 62 valence electrons. The van der Waals surface area contributed by atoms with E-state index in [9.17, 15) is 0 Å². The van der Waals surface area contributed by atoms with Crippen molar-refractivity contribution in [2.45, 2.75) is 38.6 Å². The SMILES string of the molecule is CCCCC(CCI)NC. The highest BCUT2D eigenvalue weighted by molar-refractivity contribution is 14.1. The van der Waals surface area contributed by atoms with E-state index in [0.717, 1.165) is 6.04 Å². The number of unbranched alkanes of at least 4 members (excludes halogenated alkanes) is 1. The summed E-state index contributed by atoms with van der Waals surface area (Å²) in [6, 6.07) is 0.761. The molecule has 0 aliphatic rings. The lowest BCUT2D eigenvalue weighted by Gasteiger charge is -2.13. The van der Waals surface area contributed by atoms with Crippen LogP contribution in [0, 0.1) is 0 Å². The topological polar surface area (TPSA) is 12.0 Å². The van der Waals surface area contributed by atoms with Gasteiger partial charge in [-0.1, -0.05) is 42.4 Å². The first-order chi connectivity index (χ1) is 4.85. The molecule has 0 aromatic carbocycles. The van der Waals surface area contributed by atoms with Crippen LogP contribution in [0.2, 0.25) is 0 Å². The first-order valence-electron chi connectivity index (χ1n) is 4.08. The molecule has 0 aromatic heterocycles. The van der Waals surface area contributed by atoms with Crippen LogP contribution in [0.25, 0.3) is 0 Å². The van der Waals surface area contributed by atoms with Gasteiger partial charge < -0.3 is 5.32 Å². The van der Waals surface area contributed by atoms with Crippen LogP contribution in [0.5, 0.6) is 0 Å². The van der Waals surface area contributed by atoms with Gasteiger partial charge in [0.05, 0.1) is 0 Å². The fourth-order valence-corrected chi connectivity index (χ4v) is 1.77. The van der Waals surface area contributed by atoms with Gasteiger partial charge in [-0.3, -0.25) is 0 Å². The van der Waals surface area contributed by atoms with Crippen LogP contribution in [0.15, 0.2) is 0 Å². The molecule has 0 radical (unpaired) electrons. The molecular weight excluding hydrogens is 237 g/mol. The maximum Gasteiger partial charge on any atom is 0.00713 e. The summed E-state index contributed by atoms with van der Waals surface area (Å²) in [6.07, 6.45) is 5.34. The third-order valence-electron chi connectivity index (χ3n) is 1.77. The highest BCUT2D eigenvalue weighted by Crippen LogP contribution is 2.05. The summed E-state index contributed by atoms with van der Waals surface area (Å²) in [5.41, 5.74) is 0. The van der Waals surface area contributed by atoms with Gasteiger partial charge in [0.25, 0.3) is 0 Å². The second kappa shape index (κ2) is 7.79. The zero-order chi connectivity index (χ0) is 7.82. The van der Waals surface area contributed by atoms with E-state index in [1.807, 2.05) is 0 Å². The Kier molecular flexibility index (Phi) is 8.33. The molecule has 0 saturated carbocycles. The summed E-state index contributed by atoms with van der Waals surface area (Å²) < 4.78 is 1.27. The Hall–Kier alpha value is 0.690. The highest BCUT2D eigenvalue weighted by atomic mass is 127. The van der Waals surface area contributed by atoms with Gasteiger partial charge in [0, 0.05) is 10.5 Å². The summed E-state index contributed by atoms with van der Waals surface area (Å²) in [5, 5.41) is 3.33. The molecule has 1 atom stereocenters. The normalized spacial score (nSPS) is 13.5. The largest absolute Gasteiger partial charge is 0.317 e. The Morgan fingerprint density at radius 2 is 2.10 bits per heavy atom. The van der Waals surface area contributed by atoms with E-state index in [4.69, 9.17) is 0 Å². The number of halogens is 1. The van der Waals surface area contributed by atoms with E-state index in [1.54, 1.807) is 0 Å². The van der Waals surface area contributed by atoms with Gasteiger partial charge >= 0.3 is 0 Å². The summed E-state index contributed by atoms with van der Waals surface area (Å²) in [5.74, 6) is 0. The summed E-state index contributed by atoms with van der Waals surface area (Å²) in [6.45, 7) is 2.25. The third kappa shape index (κ3) is 5.47. The molecule has 1 unspecified atom stereocenters. The summed E-state index contributed by atoms with van der Waals surface area (Å²) in [7, 11) is 2.06. The lowest BCUT2D eigenvalue weighted by Crippen LogP contribution is -2.25. The van der Waals surface area contributed by atoms with Crippen molar-refractivity contribution in [3.8, 4) is 0 Å². The van der Waals surface area contributed by atoms with Crippen molar-refractivity contribution in [1.29, 1.82) is 0 Å². The minimum atomic E-state index is 0.761. The van der Waals surface area contributed by atoms with Crippen molar-refractivity contribution in [2.24, 2.45) is 0 Å². The Morgan fingerprint density at radius 1 is 1.40 bits per heavy atom. The monoisotopic (exact) mass is 255 g/mol. The Morgan fingerprint density at radius 3 is 2.50 bits per heavy atom. The first kappa shape index (κ1) is 10.7. The van der Waals surface area contributed by atoms with Gasteiger partial charge in [0.2, 0.25) is 0 Å². The van der Waals surface area contributed by atoms with E-state index in [2.05, 4.69) is 41.9 Å². The lowest BCUT2D eigenvalue weighted by atomic mass is 10.1. The van der Waals surface area contributed by atoms with E-state index in [1.165, 1.54) is 30.1 Å². The second-order valence-electron chi connectivity index (χ2n) is 2.61. The zero-order valence-corrected chi connectivity index (χ0v) is 9.15. The minimum absolute atomic E-state index is 0.761. The maximum absolute atomic E-state index is 3.33. The van der Waals surface area contributed by atoms with E-state index < -0.39 is 0 Å². The molecule has 10 heavy (non-hydrogen) atoms. The average Bonchev–Trinajstić information content (AvgIpc) is 1.98. The number of rotatable bonds is 6. The molecule has 0 heterocycles. The summed E-state index contributed by atoms with van der Waals surface area (Å²) in [4.78, 5) is 0. The standard InChI is InChI=1S/C8H18IN/c1-3-4-5-8(10-2)6-7-9/h8,10H,3-7H2,1-2H3. The van der Waals surface area contributed by atoms with Crippen LogP contribution in [-0.4, -0.2) is 17.5 Å². The number of nitrogens with one attached hydrogen (secondary N) is 1. The molecule has 0 rings (SSSR count). The fraction of sp³-hybridized carbons (Fsp3) is 1.00. The van der Waals surface area contributed by atoms with Gasteiger partial charge in [-0.2, -0.15) is 0 Å². The van der Waals surface area contributed by atoms with Gasteiger partial charge in [-0.15, -0.1) is 0 Å². The maximum atomic E-state index is 3.33. The van der Waals surface area contributed by atoms with Crippen LogP contribution in [0.4, 0.5) is 0 Å². The highest BCUT2D eigenvalue weighted by Gasteiger charge is 2.02. The first-order valence-corrected chi connectivity index (χ1v) is 5.61. The molecule has 1 nitrogen and oxygen atoms in total. The van der Waals surface area contributed by atoms with Crippen LogP contribution in [0.3, 0.4) is 0 Å². The van der Waals surface area contributed by atoms with Gasteiger partial charge in [-0.05, 0) is 19.9 Å². The van der Waals surface area contributed by atoms with Gasteiger partial charge in [0.1, 0.15) is 0 Å². The molecule has 0 saturated heterocycles. The number of alkyl halides is 1. The molecule has 0 amide bonds. The molecule has 0 spiro atoms. The van der Waals surface area contributed by atoms with Crippen molar-refractivity contribution in [3.05, 3.63) is 0 Å². The van der Waals surface area contributed by atoms with Crippen LogP contribution in [-0.2, 0) is 0 Å². The number of hydrogen-bond donors (Lipinski definition) is 1. The summed E-state index contributed by atoms with van der Waals surface area (Å²) >= 11 is 2.44. The predicted molar refractivity (Wildman–Crippen MR) is 55.9 cm³/mol. The van der Waals surface area contributed by atoms with Crippen molar-refractivity contribution >= 4 is 22.6 Å². The predicted octanol–water partition coefficient (Wildman–Crippen LogP) is 2.59. The van der Waals surface area contributed by atoms with Crippen molar-refractivity contribution < 1.29 is 0 Å². The molecule has 0 aliphatic heterocycles. The van der Waals surface area contributed by atoms with Crippen LogP contribution < -0.4 is 5.32 Å². The van der Waals surface area contributed by atoms with Crippen LogP contribution >= 0.6 is 22.6 Å². The molecular formula is C8H18IN. The molecule has 0 fully saturated rings. The molecule has 1 N–H and O–H groups in total. The van der Waals surface area contributed by atoms with Crippen molar-refractivity contribution in [3.63, 3.8) is 0 Å². The third-order valence-corrected chi connectivity index (χ3v) is 2.39. The van der Waals surface area contributed by atoms with E-state index in [0.29, 0.717) is 0 Å². The smallest absolute Gasteiger partial charge is 0.00713 e. The molecule has 0 aromatic rings. The van der Waals surface area contributed by atoms with Crippen molar-refractivity contribution in [1.82, 2.24) is 5.32 Å². The quantitative estimate of drug-likeness (QED) is 0.568. The van der Waals surface area contributed by atoms with Gasteiger partial charge in [0.15, 0.2) is 0 Å². The Bertz CT molecular complexity index is 66.3. The average molecular weight is 255 g/mol. The molecule has 0 aliphatic carbocycles. The lowest BCUT2D eigenvalue weighted by molar-refractivity contribution is 0.493. The minimum Gasteiger partial charge on any atom is -0.317 e. The molecule has 2 heteroatoms. The number of hydrogen-bond acceptors (Lipinski definition) is 1. The Balaban J connectivity index is 3.21. The van der Waals surface area contributed by atoms with Gasteiger partial charge in [-0.25, -0.2) is 0 Å².